The number of para-hydroxylation sites is 1. The van der Waals surface area contributed by atoms with Crippen LogP contribution in [0.3, 0.4) is 0 Å². The van der Waals surface area contributed by atoms with Crippen molar-refractivity contribution in [3.63, 3.8) is 0 Å². The smallest absolute Gasteiger partial charge is 0.140 e. The summed E-state index contributed by atoms with van der Waals surface area (Å²) in [5.41, 5.74) is 0.988. The molecule has 0 amide bonds. The van der Waals surface area contributed by atoms with E-state index < -0.39 is 0 Å². The highest BCUT2D eigenvalue weighted by Gasteiger charge is 2.26. The summed E-state index contributed by atoms with van der Waals surface area (Å²) in [5.74, 6) is 1.01. The van der Waals surface area contributed by atoms with E-state index in [1.54, 1.807) is 6.33 Å². The van der Waals surface area contributed by atoms with Crippen LogP contribution >= 0.6 is 15.9 Å². The van der Waals surface area contributed by atoms with Crippen LogP contribution < -0.4 is 4.90 Å². The van der Waals surface area contributed by atoms with Gasteiger partial charge >= 0.3 is 0 Å². The highest BCUT2D eigenvalue weighted by Crippen LogP contribution is 2.25. The standard InChI is InChI=1S/C14H16BrN3O/c1-10-7-18(8-11(6-15)19-10)14-12-4-2-3-5-13(12)16-9-17-14/h2-5,9-11H,6-8H2,1H3. The van der Waals surface area contributed by atoms with Gasteiger partial charge in [0.1, 0.15) is 12.1 Å². The number of nitrogens with zero attached hydrogens (tertiary/aromatic N) is 3. The molecule has 1 aliphatic heterocycles. The molecular weight excluding hydrogens is 306 g/mol. The van der Waals surface area contributed by atoms with Gasteiger partial charge in [-0.2, -0.15) is 0 Å². The van der Waals surface area contributed by atoms with Gasteiger partial charge < -0.3 is 9.64 Å². The van der Waals surface area contributed by atoms with Crippen LogP contribution in [0.1, 0.15) is 6.92 Å². The lowest BCUT2D eigenvalue weighted by atomic mass is 10.2. The average Bonchev–Trinajstić information content (AvgIpc) is 2.46. The van der Waals surface area contributed by atoms with Crippen molar-refractivity contribution in [3.8, 4) is 0 Å². The van der Waals surface area contributed by atoms with Crippen molar-refractivity contribution in [2.45, 2.75) is 19.1 Å². The summed E-state index contributed by atoms with van der Waals surface area (Å²) in [6.07, 6.45) is 2.06. The molecule has 100 valence electrons. The lowest BCUT2D eigenvalue weighted by Crippen LogP contribution is -2.47. The molecule has 5 heteroatoms. The van der Waals surface area contributed by atoms with Gasteiger partial charge in [-0.3, -0.25) is 0 Å². The van der Waals surface area contributed by atoms with Crippen LogP contribution in [0.5, 0.6) is 0 Å². The van der Waals surface area contributed by atoms with E-state index in [0.717, 1.165) is 35.1 Å². The number of ether oxygens (including phenoxy) is 1. The minimum atomic E-state index is 0.206. The molecule has 3 rings (SSSR count). The maximum atomic E-state index is 5.87. The van der Waals surface area contributed by atoms with Gasteiger partial charge in [0.05, 0.1) is 17.7 Å². The molecule has 2 aromatic rings. The SMILES string of the molecule is CC1CN(c2ncnc3ccccc23)CC(CBr)O1. The highest BCUT2D eigenvalue weighted by atomic mass is 79.9. The van der Waals surface area contributed by atoms with E-state index in [1.165, 1.54) is 0 Å². The first kappa shape index (κ1) is 12.8. The number of aromatic nitrogens is 2. The Bertz CT molecular complexity index is 572. The minimum Gasteiger partial charge on any atom is -0.371 e. The molecule has 0 aliphatic carbocycles. The molecular formula is C14H16BrN3O. The molecule has 0 radical (unpaired) electrons. The first-order chi connectivity index (χ1) is 9.28. The second-order valence-corrected chi connectivity index (χ2v) is 5.49. The summed E-state index contributed by atoms with van der Waals surface area (Å²) in [5, 5.41) is 1.95. The van der Waals surface area contributed by atoms with Gasteiger partial charge in [0.25, 0.3) is 0 Å². The van der Waals surface area contributed by atoms with E-state index in [0.29, 0.717) is 0 Å². The van der Waals surface area contributed by atoms with Crippen LogP contribution in [-0.2, 0) is 4.74 Å². The second-order valence-electron chi connectivity index (χ2n) is 4.84. The molecule has 1 aromatic carbocycles. The summed E-state index contributed by atoms with van der Waals surface area (Å²) in [4.78, 5) is 11.1. The Balaban J connectivity index is 1.99. The molecule has 0 bridgehead atoms. The molecule has 1 aliphatic rings. The number of anilines is 1. The molecule has 2 heterocycles. The zero-order valence-corrected chi connectivity index (χ0v) is 12.4. The van der Waals surface area contributed by atoms with Gasteiger partial charge in [-0.15, -0.1) is 0 Å². The maximum absolute atomic E-state index is 5.87. The van der Waals surface area contributed by atoms with Crippen molar-refractivity contribution in [3.05, 3.63) is 30.6 Å². The van der Waals surface area contributed by atoms with Crippen molar-refractivity contribution in [1.29, 1.82) is 0 Å². The molecule has 1 fully saturated rings. The van der Waals surface area contributed by atoms with E-state index in [2.05, 4.69) is 43.8 Å². The summed E-state index contributed by atoms with van der Waals surface area (Å²) in [6, 6.07) is 8.13. The summed E-state index contributed by atoms with van der Waals surface area (Å²) in [7, 11) is 0. The molecule has 2 unspecified atom stereocenters. The van der Waals surface area contributed by atoms with Crippen LogP contribution in [0.4, 0.5) is 5.82 Å². The second kappa shape index (κ2) is 5.43. The first-order valence-corrected chi connectivity index (χ1v) is 7.56. The number of halogens is 1. The third kappa shape index (κ3) is 2.58. The first-order valence-electron chi connectivity index (χ1n) is 6.44. The van der Waals surface area contributed by atoms with Crippen molar-refractivity contribution in [2.24, 2.45) is 0 Å². The topological polar surface area (TPSA) is 38.2 Å². The molecule has 1 saturated heterocycles. The van der Waals surface area contributed by atoms with E-state index in [1.807, 2.05) is 18.2 Å². The zero-order chi connectivity index (χ0) is 13.2. The minimum absolute atomic E-state index is 0.206. The predicted molar refractivity (Wildman–Crippen MR) is 79.9 cm³/mol. The van der Waals surface area contributed by atoms with Crippen LogP contribution in [0, 0.1) is 0 Å². The van der Waals surface area contributed by atoms with Crippen molar-refractivity contribution in [2.75, 3.05) is 23.3 Å². The van der Waals surface area contributed by atoms with Crippen LogP contribution in [0.15, 0.2) is 30.6 Å². The third-order valence-electron chi connectivity index (χ3n) is 3.32. The van der Waals surface area contributed by atoms with Crippen LogP contribution in [-0.4, -0.2) is 40.6 Å². The van der Waals surface area contributed by atoms with Gasteiger partial charge in [0.2, 0.25) is 0 Å². The molecule has 1 aromatic heterocycles. The van der Waals surface area contributed by atoms with E-state index in [4.69, 9.17) is 4.74 Å². The third-order valence-corrected chi connectivity index (χ3v) is 4.04. The fraction of sp³-hybridized carbons (Fsp3) is 0.429. The molecule has 19 heavy (non-hydrogen) atoms. The summed E-state index contributed by atoms with van der Waals surface area (Å²) < 4.78 is 5.87. The van der Waals surface area contributed by atoms with Crippen LogP contribution in [0.25, 0.3) is 10.9 Å². The lowest BCUT2D eigenvalue weighted by molar-refractivity contribution is -0.00214. The Kier molecular flexibility index (Phi) is 3.66. The number of morpholine rings is 1. The number of rotatable bonds is 2. The number of alkyl halides is 1. The molecule has 4 nitrogen and oxygen atoms in total. The zero-order valence-electron chi connectivity index (χ0n) is 10.8. The molecule has 0 saturated carbocycles. The number of hydrogen-bond acceptors (Lipinski definition) is 4. The summed E-state index contributed by atoms with van der Waals surface area (Å²) >= 11 is 3.50. The Morgan fingerprint density at radius 2 is 2.16 bits per heavy atom. The Labute approximate surface area is 120 Å². The lowest BCUT2D eigenvalue weighted by Gasteiger charge is -2.37. The van der Waals surface area contributed by atoms with E-state index in [9.17, 15) is 0 Å². The predicted octanol–water partition coefficient (Wildman–Crippen LogP) is 2.62. The number of fused-ring (bicyclic) bond motifs is 1. The number of hydrogen-bond donors (Lipinski definition) is 0. The molecule has 0 N–H and O–H groups in total. The van der Waals surface area contributed by atoms with Gasteiger partial charge in [-0.05, 0) is 19.1 Å². The van der Waals surface area contributed by atoms with Gasteiger partial charge in [0, 0.05) is 23.8 Å². The fourth-order valence-corrected chi connectivity index (χ4v) is 2.90. The monoisotopic (exact) mass is 321 g/mol. The fourth-order valence-electron chi connectivity index (χ4n) is 2.55. The van der Waals surface area contributed by atoms with Crippen molar-refractivity contribution < 1.29 is 4.74 Å². The van der Waals surface area contributed by atoms with E-state index >= 15 is 0 Å². The molecule has 2 atom stereocenters. The van der Waals surface area contributed by atoms with Gasteiger partial charge in [-0.1, -0.05) is 28.1 Å². The van der Waals surface area contributed by atoms with E-state index in [-0.39, 0.29) is 12.2 Å². The Morgan fingerprint density at radius 1 is 1.32 bits per heavy atom. The Hall–Kier alpha value is -1.20. The maximum Gasteiger partial charge on any atom is 0.140 e. The van der Waals surface area contributed by atoms with Crippen molar-refractivity contribution >= 4 is 32.7 Å². The van der Waals surface area contributed by atoms with Crippen molar-refractivity contribution in [1.82, 2.24) is 9.97 Å². The largest absolute Gasteiger partial charge is 0.371 e. The Morgan fingerprint density at radius 3 is 3.00 bits per heavy atom. The quantitative estimate of drug-likeness (QED) is 0.797. The molecule has 0 spiro atoms. The number of benzene rings is 1. The average molecular weight is 322 g/mol. The summed E-state index contributed by atoms with van der Waals surface area (Å²) in [6.45, 7) is 3.83. The van der Waals surface area contributed by atoms with Crippen LogP contribution in [0.2, 0.25) is 0 Å². The normalized spacial score (nSPS) is 23.8. The van der Waals surface area contributed by atoms with Gasteiger partial charge in [0.15, 0.2) is 0 Å². The van der Waals surface area contributed by atoms with Gasteiger partial charge in [-0.25, -0.2) is 9.97 Å². The highest BCUT2D eigenvalue weighted by molar-refractivity contribution is 9.09.